The van der Waals surface area contributed by atoms with Crippen LogP contribution >= 0.6 is 0 Å². The molecule has 3 fully saturated rings. The van der Waals surface area contributed by atoms with E-state index in [9.17, 15) is 0 Å². The molecular formula is C16H25N3. The van der Waals surface area contributed by atoms with Crippen molar-refractivity contribution in [3.63, 3.8) is 0 Å². The van der Waals surface area contributed by atoms with Crippen LogP contribution in [-0.4, -0.2) is 55.6 Å². The molecule has 2 atom stereocenters. The van der Waals surface area contributed by atoms with E-state index < -0.39 is 0 Å². The third kappa shape index (κ3) is 2.31. The molecule has 1 aromatic rings. The van der Waals surface area contributed by atoms with E-state index in [0.717, 1.165) is 0 Å². The minimum atomic E-state index is 0.447. The molecule has 0 radical (unpaired) electrons. The monoisotopic (exact) mass is 259 g/mol. The van der Waals surface area contributed by atoms with Gasteiger partial charge in [0.25, 0.3) is 0 Å². The fourth-order valence-corrected chi connectivity index (χ4v) is 3.64. The second kappa shape index (κ2) is 5.23. The van der Waals surface area contributed by atoms with Crippen LogP contribution in [0.1, 0.15) is 22.7 Å². The van der Waals surface area contributed by atoms with Crippen molar-refractivity contribution in [3.05, 3.63) is 34.9 Å². The van der Waals surface area contributed by atoms with Crippen LogP contribution in [0.5, 0.6) is 0 Å². The van der Waals surface area contributed by atoms with Gasteiger partial charge < -0.3 is 5.32 Å². The van der Waals surface area contributed by atoms with Crippen molar-refractivity contribution in [2.45, 2.75) is 25.9 Å². The highest BCUT2D eigenvalue weighted by Crippen LogP contribution is 2.29. The zero-order chi connectivity index (χ0) is 13.4. The summed E-state index contributed by atoms with van der Waals surface area (Å²) in [6.07, 6.45) is 0. The van der Waals surface area contributed by atoms with Crippen LogP contribution in [0.15, 0.2) is 18.2 Å². The first kappa shape index (κ1) is 13.1. The summed E-state index contributed by atoms with van der Waals surface area (Å²) in [6, 6.07) is 7.76. The molecule has 0 spiro atoms. The van der Waals surface area contributed by atoms with E-state index >= 15 is 0 Å². The van der Waals surface area contributed by atoms with E-state index in [1.807, 2.05) is 0 Å². The maximum atomic E-state index is 3.57. The standard InChI is InChI=1S/C16H25N3/c1-12-5-4-6-14(13(12)2)16(17-3)15-11-18-7-9-19(15)10-8-18/h4-6,15-17H,7-11H2,1-3H3. The summed E-state index contributed by atoms with van der Waals surface area (Å²) < 4.78 is 0. The Hall–Kier alpha value is -0.900. The van der Waals surface area contributed by atoms with Crippen molar-refractivity contribution in [1.82, 2.24) is 15.1 Å². The largest absolute Gasteiger partial charge is 0.312 e. The minimum absolute atomic E-state index is 0.447. The Balaban J connectivity index is 1.90. The molecule has 3 heterocycles. The van der Waals surface area contributed by atoms with Crippen molar-refractivity contribution in [1.29, 1.82) is 0 Å². The van der Waals surface area contributed by atoms with Crippen molar-refractivity contribution >= 4 is 0 Å². The van der Waals surface area contributed by atoms with Gasteiger partial charge in [-0.05, 0) is 37.6 Å². The van der Waals surface area contributed by atoms with Gasteiger partial charge in [0, 0.05) is 44.8 Å². The molecule has 19 heavy (non-hydrogen) atoms. The topological polar surface area (TPSA) is 18.5 Å². The van der Waals surface area contributed by atoms with Gasteiger partial charge in [0.2, 0.25) is 0 Å². The Kier molecular flexibility index (Phi) is 3.61. The van der Waals surface area contributed by atoms with Crippen molar-refractivity contribution < 1.29 is 0 Å². The Bertz CT molecular complexity index is 449. The van der Waals surface area contributed by atoms with Gasteiger partial charge in [0.05, 0.1) is 0 Å². The van der Waals surface area contributed by atoms with E-state index in [1.165, 1.54) is 49.4 Å². The molecule has 0 aliphatic carbocycles. The summed E-state index contributed by atoms with van der Waals surface area (Å²) in [7, 11) is 2.10. The van der Waals surface area contributed by atoms with Gasteiger partial charge in [-0.1, -0.05) is 18.2 Å². The van der Waals surface area contributed by atoms with E-state index in [4.69, 9.17) is 0 Å². The lowest BCUT2D eigenvalue weighted by atomic mass is 9.90. The fraction of sp³-hybridized carbons (Fsp3) is 0.625. The molecule has 3 heteroatoms. The quantitative estimate of drug-likeness (QED) is 0.889. The molecule has 0 amide bonds. The average Bonchev–Trinajstić information content (AvgIpc) is 2.46. The fourth-order valence-electron chi connectivity index (χ4n) is 3.64. The highest BCUT2D eigenvalue weighted by molar-refractivity contribution is 5.36. The summed E-state index contributed by atoms with van der Waals surface area (Å²) >= 11 is 0. The number of fused-ring (bicyclic) bond motifs is 3. The number of hydrogen-bond donors (Lipinski definition) is 1. The van der Waals surface area contributed by atoms with E-state index in [-0.39, 0.29) is 0 Å². The van der Waals surface area contributed by atoms with Gasteiger partial charge in [-0.15, -0.1) is 0 Å². The Morgan fingerprint density at radius 1 is 1.16 bits per heavy atom. The molecule has 1 N–H and O–H groups in total. The molecule has 4 rings (SSSR count). The molecule has 3 aliphatic heterocycles. The summed E-state index contributed by atoms with van der Waals surface area (Å²) in [6.45, 7) is 10.6. The van der Waals surface area contributed by atoms with Crippen molar-refractivity contribution in [2.75, 3.05) is 39.8 Å². The average molecular weight is 259 g/mol. The maximum Gasteiger partial charge on any atom is 0.0491 e. The molecule has 3 aliphatic rings. The van der Waals surface area contributed by atoms with Gasteiger partial charge in [0.1, 0.15) is 0 Å². The Morgan fingerprint density at radius 2 is 1.89 bits per heavy atom. The van der Waals surface area contributed by atoms with Gasteiger partial charge in [-0.3, -0.25) is 9.80 Å². The zero-order valence-corrected chi connectivity index (χ0v) is 12.3. The number of aryl methyl sites for hydroxylation is 1. The lowest BCUT2D eigenvalue weighted by Gasteiger charge is -2.50. The Morgan fingerprint density at radius 3 is 2.47 bits per heavy atom. The summed E-state index contributed by atoms with van der Waals surface area (Å²) in [4.78, 5) is 5.28. The molecular weight excluding hydrogens is 234 g/mol. The van der Waals surface area contributed by atoms with Crippen LogP contribution in [0.3, 0.4) is 0 Å². The number of nitrogens with one attached hydrogen (secondary N) is 1. The van der Waals surface area contributed by atoms with Gasteiger partial charge in [-0.25, -0.2) is 0 Å². The van der Waals surface area contributed by atoms with E-state index in [1.54, 1.807) is 0 Å². The summed E-state index contributed by atoms with van der Waals surface area (Å²) in [5, 5.41) is 3.57. The minimum Gasteiger partial charge on any atom is -0.312 e. The first-order chi connectivity index (χ1) is 9.20. The second-order valence-electron chi connectivity index (χ2n) is 5.96. The molecule has 3 nitrogen and oxygen atoms in total. The van der Waals surface area contributed by atoms with Gasteiger partial charge >= 0.3 is 0 Å². The number of piperazine rings is 3. The third-order valence-electron chi connectivity index (χ3n) is 5.00. The molecule has 104 valence electrons. The van der Waals surface area contributed by atoms with Crippen molar-refractivity contribution in [2.24, 2.45) is 0 Å². The smallest absolute Gasteiger partial charge is 0.0491 e. The van der Waals surface area contributed by atoms with Crippen LogP contribution < -0.4 is 5.32 Å². The third-order valence-corrected chi connectivity index (χ3v) is 5.00. The van der Waals surface area contributed by atoms with Crippen LogP contribution in [0.2, 0.25) is 0 Å². The molecule has 0 aromatic heterocycles. The first-order valence-electron chi connectivity index (χ1n) is 7.40. The molecule has 2 bridgehead atoms. The normalized spacial score (nSPS) is 31.4. The number of nitrogens with zero attached hydrogens (tertiary/aromatic N) is 2. The van der Waals surface area contributed by atoms with Crippen molar-refractivity contribution in [3.8, 4) is 0 Å². The lowest BCUT2D eigenvalue weighted by Crippen LogP contribution is -2.63. The predicted octanol–water partition coefficient (Wildman–Crippen LogP) is 1.56. The SMILES string of the molecule is CNC(c1cccc(C)c1C)C1CN2CCN1CC2. The van der Waals surface area contributed by atoms with Gasteiger partial charge in [0.15, 0.2) is 0 Å². The number of rotatable bonds is 3. The summed E-state index contributed by atoms with van der Waals surface area (Å²) in [5.74, 6) is 0. The van der Waals surface area contributed by atoms with Crippen LogP contribution in [0, 0.1) is 13.8 Å². The Labute approximate surface area is 116 Å². The highest BCUT2D eigenvalue weighted by atomic mass is 15.4. The highest BCUT2D eigenvalue weighted by Gasteiger charge is 2.37. The second-order valence-corrected chi connectivity index (χ2v) is 5.96. The summed E-state index contributed by atoms with van der Waals surface area (Å²) in [5.41, 5.74) is 4.31. The number of hydrogen-bond acceptors (Lipinski definition) is 3. The predicted molar refractivity (Wildman–Crippen MR) is 79.5 cm³/mol. The first-order valence-corrected chi connectivity index (χ1v) is 7.40. The van der Waals surface area contributed by atoms with E-state index in [0.29, 0.717) is 12.1 Å². The lowest BCUT2D eigenvalue weighted by molar-refractivity contribution is -0.00263. The molecule has 1 aromatic carbocycles. The van der Waals surface area contributed by atoms with Crippen LogP contribution in [0.25, 0.3) is 0 Å². The van der Waals surface area contributed by atoms with Crippen LogP contribution in [0.4, 0.5) is 0 Å². The zero-order valence-electron chi connectivity index (χ0n) is 12.3. The van der Waals surface area contributed by atoms with E-state index in [2.05, 4.69) is 54.2 Å². The number of benzene rings is 1. The molecule has 3 saturated heterocycles. The molecule has 0 saturated carbocycles. The van der Waals surface area contributed by atoms with Crippen LogP contribution in [-0.2, 0) is 0 Å². The number of likely N-dealkylation sites (N-methyl/N-ethyl adjacent to an activating group) is 1. The maximum absolute atomic E-state index is 3.57. The molecule has 2 unspecified atom stereocenters. The van der Waals surface area contributed by atoms with Gasteiger partial charge in [-0.2, -0.15) is 0 Å².